The Labute approximate surface area is 195 Å². The first-order valence-corrected chi connectivity index (χ1v) is 11.2. The summed E-state index contributed by atoms with van der Waals surface area (Å²) in [5.41, 5.74) is 2.14. The lowest BCUT2D eigenvalue weighted by atomic mass is 10.2. The molecule has 8 nitrogen and oxygen atoms in total. The van der Waals surface area contributed by atoms with Gasteiger partial charge in [-0.25, -0.2) is 0 Å². The van der Waals surface area contributed by atoms with Gasteiger partial charge in [-0.1, -0.05) is 29.4 Å². The van der Waals surface area contributed by atoms with Crippen LogP contribution in [-0.2, 0) is 11.8 Å². The SMILES string of the molecule is COc1ccc(C)cc1NC(=O)CSc1nnc([C@H](C)NC(=O)c2ccc(Cl)cc2)n1C. The van der Waals surface area contributed by atoms with Crippen LogP contribution in [0.5, 0.6) is 5.75 Å². The minimum Gasteiger partial charge on any atom is -0.495 e. The van der Waals surface area contributed by atoms with Crippen LogP contribution in [-0.4, -0.2) is 39.4 Å². The van der Waals surface area contributed by atoms with E-state index in [9.17, 15) is 9.59 Å². The number of rotatable bonds is 8. The lowest BCUT2D eigenvalue weighted by Gasteiger charge is -2.14. The van der Waals surface area contributed by atoms with Crippen molar-refractivity contribution in [3.8, 4) is 5.75 Å². The molecule has 2 aromatic carbocycles. The molecule has 0 radical (unpaired) electrons. The first-order valence-electron chi connectivity index (χ1n) is 9.81. The molecule has 0 spiro atoms. The Kier molecular flexibility index (Phi) is 7.76. The van der Waals surface area contributed by atoms with Crippen LogP contribution in [0.2, 0.25) is 5.02 Å². The molecule has 1 atom stereocenters. The zero-order valence-corrected chi connectivity index (χ0v) is 19.8. The monoisotopic (exact) mass is 473 g/mol. The molecule has 3 rings (SSSR count). The van der Waals surface area contributed by atoms with E-state index in [1.54, 1.807) is 43.0 Å². The Morgan fingerprint density at radius 1 is 1.19 bits per heavy atom. The number of nitrogens with zero attached hydrogens (tertiary/aromatic N) is 3. The number of anilines is 1. The Morgan fingerprint density at radius 2 is 1.91 bits per heavy atom. The smallest absolute Gasteiger partial charge is 0.251 e. The zero-order chi connectivity index (χ0) is 23.3. The maximum Gasteiger partial charge on any atom is 0.251 e. The number of carbonyl (C=O) groups excluding carboxylic acids is 2. The second kappa shape index (κ2) is 10.5. The van der Waals surface area contributed by atoms with Crippen molar-refractivity contribution >= 4 is 40.9 Å². The predicted molar refractivity (Wildman–Crippen MR) is 125 cm³/mol. The molecule has 168 valence electrons. The average Bonchev–Trinajstić information content (AvgIpc) is 3.13. The molecule has 2 amide bonds. The highest BCUT2D eigenvalue weighted by molar-refractivity contribution is 7.99. The van der Waals surface area contributed by atoms with E-state index in [-0.39, 0.29) is 23.6 Å². The molecule has 0 saturated carbocycles. The number of hydrogen-bond acceptors (Lipinski definition) is 6. The molecule has 0 unspecified atom stereocenters. The summed E-state index contributed by atoms with van der Waals surface area (Å²) in [5.74, 6) is 0.898. The minimum atomic E-state index is -0.379. The highest BCUT2D eigenvalue weighted by Crippen LogP contribution is 2.26. The lowest BCUT2D eigenvalue weighted by Crippen LogP contribution is -2.28. The van der Waals surface area contributed by atoms with Crippen LogP contribution < -0.4 is 15.4 Å². The van der Waals surface area contributed by atoms with E-state index in [0.717, 1.165) is 5.56 Å². The molecular formula is C22H24ClN5O3S. The summed E-state index contributed by atoms with van der Waals surface area (Å²) in [6.45, 7) is 3.76. The summed E-state index contributed by atoms with van der Waals surface area (Å²) in [4.78, 5) is 24.9. The van der Waals surface area contributed by atoms with E-state index in [0.29, 0.717) is 33.0 Å². The second-order valence-corrected chi connectivity index (χ2v) is 8.52. The number of aryl methyl sites for hydroxylation is 1. The van der Waals surface area contributed by atoms with Gasteiger partial charge >= 0.3 is 0 Å². The standard InChI is InChI=1S/C22H24ClN5O3S/c1-13-5-10-18(31-4)17(11-13)25-19(29)12-32-22-27-26-20(28(22)3)14(2)24-21(30)15-6-8-16(23)9-7-15/h5-11,14H,12H2,1-4H3,(H,24,30)(H,25,29)/t14-/m0/s1. The number of aromatic nitrogens is 3. The quantitative estimate of drug-likeness (QED) is 0.480. The van der Waals surface area contributed by atoms with Gasteiger partial charge < -0.3 is 19.9 Å². The molecule has 2 N–H and O–H groups in total. The number of thioether (sulfide) groups is 1. The molecule has 0 aliphatic heterocycles. The van der Waals surface area contributed by atoms with Crippen molar-refractivity contribution in [3.63, 3.8) is 0 Å². The van der Waals surface area contributed by atoms with Gasteiger partial charge in [0.1, 0.15) is 5.75 Å². The summed E-state index contributed by atoms with van der Waals surface area (Å²) in [6.07, 6.45) is 0. The summed E-state index contributed by atoms with van der Waals surface area (Å²) in [7, 11) is 3.35. The van der Waals surface area contributed by atoms with E-state index in [2.05, 4.69) is 20.8 Å². The lowest BCUT2D eigenvalue weighted by molar-refractivity contribution is -0.113. The van der Waals surface area contributed by atoms with Gasteiger partial charge in [-0.05, 0) is 55.8 Å². The maximum atomic E-state index is 12.4. The van der Waals surface area contributed by atoms with E-state index in [4.69, 9.17) is 16.3 Å². The molecule has 0 fully saturated rings. The van der Waals surface area contributed by atoms with Gasteiger partial charge in [0.25, 0.3) is 5.91 Å². The summed E-state index contributed by atoms with van der Waals surface area (Å²) < 4.78 is 7.06. The predicted octanol–water partition coefficient (Wildman–Crippen LogP) is 4.01. The van der Waals surface area contributed by atoms with E-state index >= 15 is 0 Å². The van der Waals surface area contributed by atoms with Crippen LogP contribution in [0, 0.1) is 6.92 Å². The molecule has 0 aliphatic rings. The van der Waals surface area contributed by atoms with Gasteiger partial charge in [-0.2, -0.15) is 0 Å². The number of methoxy groups -OCH3 is 1. The van der Waals surface area contributed by atoms with Crippen LogP contribution >= 0.6 is 23.4 Å². The number of benzene rings is 2. The summed E-state index contributed by atoms with van der Waals surface area (Å²) in [5, 5.41) is 15.2. The Bertz CT molecular complexity index is 1120. The van der Waals surface area contributed by atoms with Gasteiger partial charge in [0.15, 0.2) is 11.0 Å². The average molecular weight is 474 g/mol. The first kappa shape index (κ1) is 23.6. The first-order chi connectivity index (χ1) is 15.3. The van der Waals surface area contributed by atoms with Crippen molar-refractivity contribution in [1.82, 2.24) is 20.1 Å². The van der Waals surface area contributed by atoms with E-state index < -0.39 is 0 Å². The van der Waals surface area contributed by atoms with Gasteiger partial charge in [0.05, 0.1) is 24.6 Å². The number of nitrogens with one attached hydrogen (secondary N) is 2. The van der Waals surface area contributed by atoms with Gasteiger partial charge in [0, 0.05) is 17.6 Å². The normalized spacial score (nSPS) is 11.7. The van der Waals surface area contributed by atoms with Crippen molar-refractivity contribution in [1.29, 1.82) is 0 Å². The van der Waals surface area contributed by atoms with Crippen LogP contribution in [0.25, 0.3) is 0 Å². The molecule has 3 aromatic rings. The fourth-order valence-electron chi connectivity index (χ4n) is 3.01. The molecule has 0 bridgehead atoms. The summed E-state index contributed by atoms with van der Waals surface area (Å²) >= 11 is 7.13. The topological polar surface area (TPSA) is 98.1 Å². The Balaban J connectivity index is 1.59. The van der Waals surface area contributed by atoms with Crippen LogP contribution in [0.15, 0.2) is 47.6 Å². The van der Waals surface area contributed by atoms with E-state index in [1.807, 2.05) is 32.0 Å². The number of hydrogen-bond donors (Lipinski definition) is 2. The molecule has 0 saturated heterocycles. The molecule has 0 aliphatic carbocycles. The molecule has 1 heterocycles. The largest absolute Gasteiger partial charge is 0.495 e. The van der Waals surface area contributed by atoms with Crippen molar-refractivity contribution in [2.45, 2.75) is 25.0 Å². The highest BCUT2D eigenvalue weighted by Gasteiger charge is 2.19. The highest BCUT2D eigenvalue weighted by atomic mass is 35.5. The number of ether oxygens (including phenoxy) is 1. The van der Waals surface area contributed by atoms with Crippen LogP contribution in [0.1, 0.15) is 34.7 Å². The van der Waals surface area contributed by atoms with Gasteiger partial charge in [0.2, 0.25) is 5.91 Å². The molecule has 32 heavy (non-hydrogen) atoms. The van der Waals surface area contributed by atoms with Gasteiger partial charge in [-0.3, -0.25) is 9.59 Å². The third kappa shape index (κ3) is 5.80. The van der Waals surface area contributed by atoms with Gasteiger partial charge in [-0.15, -0.1) is 10.2 Å². The molecule has 1 aromatic heterocycles. The zero-order valence-electron chi connectivity index (χ0n) is 18.2. The van der Waals surface area contributed by atoms with Crippen LogP contribution in [0.4, 0.5) is 5.69 Å². The van der Waals surface area contributed by atoms with Crippen molar-refractivity contribution < 1.29 is 14.3 Å². The van der Waals surface area contributed by atoms with Crippen LogP contribution in [0.3, 0.4) is 0 Å². The fraction of sp³-hybridized carbons (Fsp3) is 0.273. The summed E-state index contributed by atoms with van der Waals surface area (Å²) in [6, 6.07) is 11.8. The minimum absolute atomic E-state index is 0.147. The Morgan fingerprint density at radius 3 is 2.59 bits per heavy atom. The number of amides is 2. The van der Waals surface area contributed by atoms with Crippen molar-refractivity contribution in [3.05, 3.63) is 64.4 Å². The van der Waals surface area contributed by atoms with Crippen molar-refractivity contribution in [2.24, 2.45) is 7.05 Å². The number of carbonyl (C=O) groups is 2. The third-order valence-electron chi connectivity index (χ3n) is 4.67. The second-order valence-electron chi connectivity index (χ2n) is 7.14. The number of halogens is 1. The molecular weight excluding hydrogens is 450 g/mol. The maximum absolute atomic E-state index is 12.4. The van der Waals surface area contributed by atoms with Crippen molar-refractivity contribution in [2.75, 3.05) is 18.2 Å². The molecule has 10 heteroatoms. The fourth-order valence-corrected chi connectivity index (χ4v) is 3.85. The third-order valence-corrected chi connectivity index (χ3v) is 5.94. The Hall–Kier alpha value is -3.04. The van der Waals surface area contributed by atoms with E-state index in [1.165, 1.54) is 11.8 Å².